The van der Waals surface area contributed by atoms with Crippen LogP contribution in [0.25, 0.3) is 0 Å². The minimum atomic E-state index is -0.852. The van der Waals surface area contributed by atoms with Crippen LogP contribution in [-0.2, 0) is 33.1 Å². The number of carbonyl (C=O) groups excluding carboxylic acids is 3. The van der Waals surface area contributed by atoms with Gasteiger partial charge in [-0.3, -0.25) is 9.59 Å². The van der Waals surface area contributed by atoms with Crippen molar-refractivity contribution in [2.45, 2.75) is 44.7 Å². The Kier molecular flexibility index (Phi) is 10.6. The number of Topliss-reactive ketones (excluding diaryl/α,β-unsaturated/α-hetero) is 1. The smallest absolute Gasteiger partial charge is 0.408 e. The topological polar surface area (TPSA) is 97.6 Å². The molecule has 0 aliphatic heterocycles. The molecule has 3 rings (SSSR count). The normalized spacial score (nSPS) is 12.5. The van der Waals surface area contributed by atoms with Crippen LogP contribution in [0, 0.1) is 5.92 Å². The number of nitrogens with one attached hydrogen (secondary N) is 2. The second-order valence-electron chi connectivity index (χ2n) is 8.72. The molecule has 0 radical (unpaired) electrons. The zero-order chi connectivity index (χ0) is 25.8. The highest BCUT2D eigenvalue weighted by Crippen LogP contribution is 2.15. The molecule has 0 aliphatic carbocycles. The van der Waals surface area contributed by atoms with Gasteiger partial charge in [0, 0.05) is 0 Å². The number of rotatable bonds is 13. The van der Waals surface area contributed by atoms with Gasteiger partial charge in [-0.2, -0.15) is 0 Å². The lowest BCUT2D eigenvalue weighted by Gasteiger charge is -2.25. The van der Waals surface area contributed by atoms with Crippen molar-refractivity contribution in [2.75, 3.05) is 5.75 Å². The first kappa shape index (κ1) is 27.1. The number of hydrogen-bond donors (Lipinski definition) is 2. The van der Waals surface area contributed by atoms with Crippen LogP contribution < -0.4 is 10.6 Å². The summed E-state index contributed by atoms with van der Waals surface area (Å²) in [6.45, 7) is 3.75. The fraction of sp³-hybridized carbons (Fsp3) is 0.321. The van der Waals surface area contributed by atoms with E-state index in [1.165, 1.54) is 11.8 Å². The summed E-state index contributed by atoms with van der Waals surface area (Å²) in [7, 11) is 0. The van der Waals surface area contributed by atoms with Crippen molar-refractivity contribution in [3.63, 3.8) is 0 Å². The SMILES string of the molecule is CC(C)C(NC(=O)OCc1ccccc1)C(=O)NC(Cc1ccccc1)C(=O)CSCc1ccco1. The maximum atomic E-state index is 13.2. The molecule has 1 aromatic heterocycles. The van der Waals surface area contributed by atoms with E-state index >= 15 is 0 Å². The first-order valence-corrected chi connectivity index (χ1v) is 13.0. The van der Waals surface area contributed by atoms with Crippen LogP contribution in [0.1, 0.15) is 30.7 Å². The van der Waals surface area contributed by atoms with Crippen LogP contribution in [0.3, 0.4) is 0 Å². The van der Waals surface area contributed by atoms with Crippen LogP contribution in [0.15, 0.2) is 83.5 Å². The van der Waals surface area contributed by atoms with Crippen molar-refractivity contribution in [3.05, 3.63) is 95.9 Å². The van der Waals surface area contributed by atoms with Gasteiger partial charge in [0.15, 0.2) is 5.78 Å². The van der Waals surface area contributed by atoms with Crippen molar-refractivity contribution in [1.82, 2.24) is 10.6 Å². The number of thioether (sulfide) groups is 1. The highest BCUT2D eigenvalue weighted by molar-refractivity contribution is 7.99. The number of alkyl carbamates (subject to hydrolysis) is 1. The van der Waals surface area contributed by atoms with E-state index in [0.29, 0.717) is 12.2 Å². The molecule has 190 valence electrons. The molecule has 8 heteroatoms. The van der Waals surface area contributed by atoms with E-state index in [4.69, 9.17) is 9.15 Å². The molecule has 2 atom stereocenters. The van der Waals surface area contributed by atoms with E-state index < -0.39 is 24.1 Å². The highest BCUT2D eigenvalue weighted by Gasteiger charge is 2.29. The Hall–Kier alpha value is -3.52. The first-order valence-electron chi connectivity index (χ1n) is 11.9. The maximum absolute atomic E-state index is 13.2. The van der Waals surface area contributed by atoms with Crippen molar-refractivity contribution < 1.29 is 23.5 Å². The number of benzene rings is 2. The monoisotopic (exact) mass is 508 g/mol. The number of ether oxygens (including phenoxy) is 1. The molecule has 3 aromatic rings. The Morgan fingerprint density at radius 2 is 1.56 bits per heavy atom. The third kappa shape index (κ3) is 8.92. The van der Waals surface area contributed by atoms with Crippen molar-refractivity contribution >= 4 is 29.5 Å². The van der Waals surface area contributed by atoms with Gasteiger partial charge in [0.05, 0.1) is 23.8 Å². The summed E-state index contributed by atoms with van der Waals surface area (Å²) in [5.41, 5.74) is 1.78. The van der Waals surface area contributed by atoms with E-state index in [2.05, 4.69) is 10.6 Å². The van der Waals surface area contributed by atoms with Crippen LogP contribution in [0.4, 0.5) is 4.79 Å². The van der Waals surface area contributed by atoms with E-state index in [0.717, 1.165) is 16.9 Å². The Labute approximate surface area is 216 Å². The highest BCUT2D eigenvalue weighted by atomic mass is 32.2. The van der Waals surface area contributed by atoms with Crippen LogP contribution >= 0.6 is 11.8 Å². The molecule has 0 bridgehead atoms. The molecular weight excluding hydrogens is 476 g/mol. The molecule has 0 spiro atoms. The quantitative estimate of drug-likeness (QED) is 0.346. The van der Waals surface area contributed by atoms with E-state index in [9.17, 15) is 14.4 Å². The van der Waals surface area contributed by atoms with Gasteiger partial charge in [0.1, 0.15) is 18.4 Å². The minimum Gasteiger partial charge on any atom is -0.468 e. The molecular formula is C28H32N2O5S. The third-order valence-corrected chi connectivity index (χ3v) is 6.47. The molecule has 0 saturated heterocycles. The number of carbonyl (C=O) groups is 3. The minimum absolute atomic E-state index is 0.0983. The lowest BCUT2D eigenvalue weighted by atomic mass is 10.00. The zero-order valence-electron chi connectivity index (χ0n) is 20.5. The molecule has 36 heavy (non-hydrogen) atoms. The van der Waals surface area contributed by atoms with Gasteiger partial charge in [-0.15, -0.1) is 11.8 Å². The van der Waals surface area contributed by atoms with Crippen LogP contribution in [0.2, 0.25) is 0 Å². The third-order valence-electron chi connectivity index (χ3n) is 5.49. The Bertz CT molecular complexity index is 1090. The van der Waals surface area contributed by atoms with Gasteiger partial charge in [0.2, 0.25) is 5.91 Å². The molecule has 2 N–H and O–H groups in total. The van der Waals surface area contributed by atoms with Gasteiger partial charge >= 0.3 is 6.09 Å². The average molecular weight is 509 g/mol. The summed E-state index contributed by atoms with van der Waals surface area (Å²) >= 11 is 1.43. The number of hydrogen-bond acceptors (Lipinski definition) is 6. The largest absolute Gasteiger partial charge is 0.468 e. The molecule has 1 heterocycles. The summed E-state index contributed by atoms with van der Waals surface area (Å²) in [5, 5.41) is 5.53. The van der Waals surface area contributed by atoms with E-state index in [1.54, 1.807) is 12.3 Å². The lowest BCUT2D eigenvalue weighted by molar-refractivity contribution is -0.128. The van der Waals surface area contributed by atoms with Crippen LogP contribution in [-0.4, -0.2) is 35.6 Å². The summed E-state index contributed by atoms with van der Waals surface area (Å²) in [6, 6.07) is 20.9. The average Bonchev–Trinajstić information content (AvgIpc) is 3.40. The summed E-state index contributed by atoms with van der Waals surface area (Å²) in [5.74, 6) is 0.834. The van der Waals surface area contributed by atoms with Gasteiger partial charge in [-0.05, 0) is 35.6 Å². The molecule has 2 unspecified atom stereocenters. The molecule has 2 amide bonds. The molecule has 0 aliphatic rings. The second-order valence-corrected chi connectivity index (χ2v) is 9.70. The Balaban J connectivity index is 1.61. The summed E-state index contributed by atoms with van der Waals surface area (Å²) in [4.78, 5) is 38.7. The predicted molar refractivity (Wildman–Crippen MR) is 140 cm³/mol. The Morgan fingerprint density at radius 1 is 0.889 bits per heavy atom. The number of ketones is 1. The molecule has 2 aromatic carbocycles. The van der Waals surface area contributed by atoms with Crippen molar-refractivity contribution in [2.24, 2.45) is 5.92 Å². The van der Waals surface area contributed by atoms with Gasteiger partial charge < -0.3 is 19.8 Å². The van der Waals surface area contributed by atoms with E-state index in [1.807, 2.05) is 80.6 Å². The second kappa shape index (κ2) is 14.1. The van der Waals surface area contributed by atoms with Crippen molar-refractivity contribution in [1.29, 1.82) is 0 Å². The fourth-order valence-corrected chi connectivity index (χ4v) is 4.40. The predicted octanol–water partition coefficient (Wildman–Crippen LogP) is 4.76. The molecule has 7 nitrogen and oxygen atoms in total. The standard InChI is InChI=1S/C28H32N2O5S/c1-20(2)26(30-28(33)35-17-22-12-7-4-8-13-22)27(32)29-24(16-21-10-5-3-6-11-21)25(31)19-36-18-23-14-9-15-34-23/h3-15,20,24,26H,16-19H2,1-2H3,(H,29,32)(H,30,33). The summed E-state index contributed by atoms with van der Waals surface area (Å²) < 4.78 is 10.6. The number of furan rings is 1. The van der Waals surface area contributed by atoms with Gasteiger partial charge in [-0.25, -0.2) is 4.79 Å². The zero-order valence-corrected chi connectivity index (χ0v) is 21.3. The fourth-order valence-electron chi connectivity index (χ4n) is 3.53. The molecule has 0 saturated carbocycles. The van der Waals surface area contributed by atoms with Crippen LogP contribution in [0.5, 0.6) is 0 Å². The maximum Gasteiger partial charge on any atom is 0.408 e. The van der Waals surface area contributed by atoms with Gasteiger partial charge in [-0.1, -0.05) is 74.5 Å². The number of amides is 2. The summed E-state index contributed by atoms with van der Waals surface area (Å²) in [6.07, 6.45) is 1.27. The molecule has 0 fully saturated rings. The lowest BCUT2D eigenvalue weighted by Crippen LogP contribution is -2.54. The van der Waals surface area contributed by atoms with Gasteiger partial charge in [0.25, 0.3) is 0 Å². The van der Waals surface area contributed by atoms with E-state index in [-0.39, 0.29) is 24.1 Å². The first-order chi connectivity index (χ1) is 17.4. The van der Waals surface area contributed by atoms with Crippen molar-refractivity contribution in [3.8, 4) is 0 Å². The Morgan fingerprint density at radius 3 is 2.17 bits per heavy atom.